The van der Waals surface area contributed by atoms with Crippen LogP contribution in [-0.4, -0.2) is 33.8 Å². The van der Waals surface area contributed by atoms with Crippen molar-refractivity contribution in [2.75, 3.05) is 13.2 Å². The second-order valence-corrected chi connectivity index (χ2v) is 6.23. The lowest BCUT2D eigenvalue weighted by Crippen LogP contribution is -2.24. The molecule has 4 rings (SSSR count). The molecule has 3 aromatic rings. The highest BCUT2D eigenvalue weighted by Gasteiger charge is 2.24. The van der Waals surface area contributed by atoms with Crippen LogP contribution in [0.3, 0.4) is 0 Å². The third-order valence-corrected chi connectivity index (χ3v) is 4.52. The molecule has 1 aliphatic heterocycles. The number of imidazole rings is 1. The van der Waals surface area contributed by atoms with Crippen LogP contribution in [0.5, 0.6) is 5.75 Å². The first-order valence-electron chi connectivity index (χ1n) is 8.20. The van der Waals surface area contributed by atoms with E-state index in [2.05, 4.69) is 9.98 Å². The lowest BCUT2D eigenvalue weighted by molar-refractivity contribution is -0.212. The minimum Gasteiger partial charge on any atom is -0.858 e. The Hall–Kier alpha value is -2.86. The molecule has 1 aliphatic rings. The quantitative estimate of drug-likeness (QED) is 0.581. The fourth-order valence-electron chi connectivity index (χ4n) is 3.19. The number of hydrogen-bond donors (Lipinski definition) is 1. The van der Waals surface area contributed by atoms with Crippen molar-refractivity contribution in [3.05, 3.63) is 53.6 Å². The predicted molar refractivity (Wildman–Crippen MR) is 93.1 cm³/mol. The Morgan fingerprint density at radius 2 is 2.12 bits per heavy atom. The van der Waals surface area contributed by atoms with Gasteiger partial charge in [0.15, 0.2) is 0 Å². The molecule has 0 bridgehead atoms. The van der Waals surface area contributed by atoms with Gasteiger partial charge in [0.25, 0.3) is 0 Å². The van der Waals surface area contributed by atoms with Gasteiger partial charge in [-0.05, 0) is 30.0 Å². The molecule has 6 nitrogen and oxygen atoms in total. The summed E-state index contributed by atoms with van der Waals surface area (Å²) in [4.78, 5) is 8.67. The normalized spacial score (nSPS) is 17.4. The van der Waals surface area contributed by atoms with Crippen LogP contribution in [0.1, 0.15) is 11.1 Å². The second kappa shape index (κ2) is 6.22. The van der Waals surface area contributed by atoms with Crippen molar-refractivity contribution in [2.45, 2.75) is 6.42 Å². The largest absolute Gasteiger partial charge is 0.858 e. The Morgan fingerprint density at radius 1 is 1.32 bits per heavy atom. The molecule has 0 aliphatic carbocycles. The zero-order valence-electron chi connectivity index (χ0n) is 13.8. The monoisotopic (exact) mass is 336 g/mol. The van der Waals surface area contributed by atoms with Crippen LogP contribution in [-0.2, 0) is 13.5 Å². The highest BCUT2D eigenvalue weighted by molar-refractivity contribution is 5.93. The SMILES string of the molecule is Cn1c(N=C([O-])c2ccccc2)nc2ccc3c(c21)CC(CO)CO3. The van der Waals surface area contributed by atoms with E-state index < -0.39 is 0 Å². The van der Waals surface area contributed by atoms with Gasteiger partial charge in [-0.25, -0.2) is 9.98 Å². The fraction of sp³-hybridized carbons (Fsp3) is 0.263. The maximum atomic E-state index is 12.4. The van der Waals surface area contributed by atoms with Gasteiger partial charge in [0.2, 0.25) is 5.95 Å². The molecule has 0 spiro atoms. The highest BCUT2D eigenvalue weighted by atomic mass is 16.5. The third kappa shape index (κ3) is 2.74. The van der Waals surface area contributed by atoms with E-state index in [4.69, 9.17) is 4.74 Å². The van der Waals surface area contributed by atoms with E-state index in [1.807, 2.05) is 29.8 Å². The van der Waals surface area contributed by atoms with E-state index in [9.17, 15) is 10.2 Å². The Kier molecular flexibility index (Phi) is 3.89. The Labute approximate surface area is 145 Å². The molecular formula is C19H18N3O3-. The number of aliphatic imine (C=N–C) groups is 1. The summed E-state index contributed by atoms with van der Waals surface area (Å²) in [5, 5.41) is 21.8. The molecule has 0 fully saturated rings. The van der Waals surface area contributed by atoms with Crippen LogP contribution in [0.2, 0.25) is 0 Å². The third-order valence-electron chi connectivity index (χ3n) is 4.52. The van der Waals surface area contributed by atoms with E-state index >= 15 is 0 Å². The molecule has 0 radical (unpaired) electrons. The number of aryl methyl sites for hydroxylation is 1. The molecule has 1 atom stereocenters. The maximum absolute atomic E-state index is 12.4. The number of ether oxygens (including phenoxy) is 1. The number of hydrogen-bond acceptors (Lipinski definition) is 5. The average molecular weight is 336 g/mol. The molecule has 6 heteroatoms. The summed E-state index contributed by atoms with van der Waals surface area (Å²) in [6.45, 7) is 0.591. The summed E-state index contributed by atoms with van der Waals surface area (Å²) >= 11 is 0. The van der Waals surface area contributed by atoms with Crippen molar-refractivity contribution in [2.24, 2.45) is 18.0 Å². The summed E-state index contributed by atoms with van der Waals surface area (Å²) in [5.74, 6) is 0.918. The first-order valence-corrected chi connectivity index (χ1v) is 8.20. The number of nitrogens with zero attached hydrogens (tertiary/aromatic N) is 3. The Morgan fingerprint density at radius 3 is 2.88 bits per heavy atom. The molecule has 0 saturated carbocycles. The van der Waals surface area contributed by atoms with Crippen LogP contribution in [0.25, 0.3) is 11.0 Å². The molecule has 2 heterocycles. The summed E-state index contributed by atoms with van der Waals surface area (Å²) in [5.41, 5.74) is 3.20. The minimum atomic E-state index is -0.322. The minimum absolute atomic E-state index is 0.0688. The van der Waals surface area contributed by atoms with Crippen molar-refractivity contribution in [3.63, 3.8) is 0 Å². The number of benzene rings is 2. The Bertz CT molecular complexity index is 947. The van der Waals surface area contributed by atoms with E-state index in [-0.39, 0.29) is 18.4 Å². The van der Waals surface area contributed by atoms with Gasteiger partial charge in [-0.2, -0.15) is 0 Å². The topological polar surface area (TPSA) is 82.7 Å². The number of aliphatic hydroxyl groups excluding tert-OH is 1. The molecule has 128 valence electrons. The number of fused-ring (bicyclic) bond motifs is 3. The van der Waals surface area contributed by atoms with Gasteiger partial charge in [-0.1, -0.05) is 30.3 Å². The van der Waals surface area contributed by atoms with Crippen molar-refractivity contribution in [3.8, 4) is 5.75 Å². The van der Waals surface area contributed by atoms with Crippen molar-refractivity contribution in [1.82, 2.24) is 9.55 Å². The van der Waals surface area contributed by atoms with Crippen LogP contribution in [0, 0.1) is 5.92 Å². The molecule has 1 unspecified atom stereocenters. The number of rotatable bonds is 3. The van der Waals surface area contributed by atoms with Crippen molar-refractivity contribution >= 4 is 22.9 Å². The zero-order valence-corrected chi connectivity index (χ0v) is 13.8. The zero-order chi connectivity index (χ0) is 17.4. The van der Waals surface area contributed by atoms with E-state index in [1.165, 1.54) is 0 Å². The lowest BCUT2D eigenvalue weighted by atomic mass is 9.96. The summed E-state index contributed by atoms with van der Waals surface area (Å²) < 4.78 is 7.57. The fourth-order valence-corrected chi connectivity index (χ4v) is 3.19. The molecule has 1 N–H and O–H groups in total. The summed E-state index contributed by atoms with van der Waals surface area (Å²) in [7, 11) is 1.84. The smallest absolute Gasteiger partial charge is 0.229 e. The molecule has 0 amide bonds. The summed E-state index contributed by atoms with van der Waals surface area (Å²) in [6, 6.07) is 12.7. The van der Waals surface area contributed by atoms with Gasteiger partial charge in [0, 0.05) is 25.1 Å². The average Bonchev–Trinajstić information content (AvgIpc) is 2.98. The van der Waals surface area contributed by atoms with Gasteiger partial charge in [0.05, 0.1) is 17.6 Å². The first kappa shape index (κ1) is 15.7. The van der Waals surface area contributed by atoms with Gasteiger partial charge >= 0.3 is 0 Å². The van der Waals surface area contributed by atoms with Gasteiger partial charge in [-0.3, -0.25) is 0 Å². The maximum Gasteiger partial charge on any atom is 0.229 e. The molecule has 1 aromatic heterocycles. The lowest BCUT2D eigenvalue weighted by Gasteiger charge is -2.24. The number of aromatic nitrogens is 2. The van der Waals surface area contributed by atoms with E-state index in [1.54, 1.807) is 24.3 Å². The van der Waals surface area contributed by atoms with Crippen LogP contribution < -0.4 is 9.84 Å². The molecule has 25 heavy (non-hydrogen) atoms. The van der Waals surface area contributed by atoms with E-state index in [0.29, 0.717) is 18.1 Å². The van der Waals surface area contributed by atoms with E-state index in [0.717, 1.165) is 28.8 Å². The Balaban J connectivity index is 1.81. The second-order valence-electron chi connectivity index (χ2n) is 6.23. The first-order chi connectivity index (χ1) is 12.2. The molecular weight excluding hydrogens is 318 g/mol. The van der Waals surface area contributed by atoms with Crippen LogP contribution >= 0.6 is 0 Å². The standard InChI is InChI=1S/C19H19N3O3/c1-22-17-14-9-12(10-23)11-25-16(14)8-7-15(17)20-19(22)21-18(24)13-5-3-2-4-6-13/h2-8,12,23H,9-11H2,1H3,(H,20,21,24)/p-1. The predicted octanol–water partition coefficient (Wildman–Crippen LogP) is 1.56. The van der Waals surface area contributed by atoms with Gasteiger partial charge in [0.1, 0.15) is 5.75 Å². The van der Waals surface area contributed by atoms with Gasteiger partial charge in [-0.15, -0.1) is 0 Å². The number of aliphatic hydroxyl groups is 1. The van der Waals surface area contributed by atoms with Crippen molar-refractivity contribution < 1.29 is 14.9 Å². The van der Waals surface area contributed by atoms with Crippen LogP contribution in [0.4, 0.5) is 5.95 Å². The molecule has 0 saturated heterocycles. The van der Waals surface area contributed by atoms with Crippen LogP contribution in [0.15, 0.2) is 47.5 Å². The highest BCUT2D eigenvalue weighted by Crippen LogP contribution is 2.35. The molecule has 2 aromatic carbocycles. The van der Waals surface area contributed by atoms with Gasteiger partial charge < -0.3 is 19.5 Å². The summed E-state index contributed by atoms with van der Waals surface area (Å²) in [6.07, 6.45) is 0.717. The van der Waals surface area contributed by atoms with Crippen molar-refractivity contribution in [1.29, 1.82) is 0 Å².